The number of aryl methyl sites for hydroxylation is 2. The smallest absolute Gasteiger partial charge is 0.320 e. The van der Waals surface area contributed by atoms with Gasteiger partial charge in [-0.2, -0.15) is 10.2 Å². The van der Waals surface area contributed by atoms with Crippen LogP contribution in [-0.4, -0.2) is 37.2 Å². The van der Waals surface area contributed by atoms with E-state index in [1.54, 1.807) is 42.8 Å². The molecule has 0 radical (unpaired) electrons. The van der Waals surface area contributed by atoms with E-state index in [0.717, 1.165) is 12.1 Å². The van der Waals surface area contributed by atoms with Crippen molar-refractivity contribution in [2.75, 3.05) is 11.9 Å². The lowest BCUT2D eigenvalue weighted by molar-refractivity contribution is 0.0599. The minimum atomic E-state index is -1.20. The molecule has 2 rings (SSSR count). The summed E-state index contributed by atoms with van der Waals surface area (Å²) < 4.78 is 3.25. The van der Waals surface area contributed by atoms with Crippen molar-refractivity contribution >= 4 is 11.8 Å². The summed E-state index contributed by atoms with van der Waals surface area (Å²) in [5, 5.41) is 24.4. The summed E-state index contributed by atoms with van der Waals surface area (Å²) in [7, 11) is 3.56. The summed E-state index contributed by atoms with van der Waals surface area (Å²) in [5.41, 5.74) is 0.488. The van der Waals surface area contributed by atoms with E-state index in [2.05, 4.69) is 41.6 Å². The van der Waals surface area contributed by atoms with E-state index >= 15 is 0 Å². The molecule has 1 atom stereocenters. The monoisotopic (exact) mass is 348 g/mol. The average Bonchev–Trinajstić information content (AvgIpc) is 3.02. The fraction of sp³-hybridized carbons (Fsp3) is 0.588. The molecule has 2 aromatic rings. The Balaban J connectivity index is 1.94. The summed E-state index contributed by atoms with van der Waals surface area (Å²) in [6, 6.07) is 1.47. The number of nitrogens with zero attached hydrogens (tertiary/aromatic N) is 4. The molecule has 0 saturated carbocycles. The lowest BCUT2D eigenvalue weighted by atomic mass is 9.91. The second-order valence-corrected chi connectivity index (χ2v) is 7.87. The number of nitrogens with one attached hydrogen (secondary N) is 2. The predicted molar refractivity (Wildman–Crippen MR) is 96.2 cm³/mol. The second kappa shape index (κ2) is 6.87. The Morgan fingerprint density at radius 1 is 1.28 bits per heavy atom. The highest BCUT2D eigenvalue weighted by Gasteiger charge is 2.25. The van der Waals surface area contributed by atoms with Crippen LogP contribution in [0.5, 0.6) is 0 Å². The quantitative estimate of drug-likeness (QED) is 0.767. The molecule has 3 N–H and O–H groups in total. The van der Waals surface area contributed by atoms with Crippen LogP contribution in [0.3, 0.4) is 0 Å². The third-order valence-corrected chi connectivity index (χ3v) is 3.80. The highest BCUT2D eigenvalue weighted by molar-refractivity contribution is 5.88. The largest absolute Gasteiger partial charge is 0.383 e. The molecule has 0 aliphatic rings. The van der Waals surface area contributed by atoms with Crippen molar-refractivity contribution in [3.8, 4) is 0 Å². The predicted octanol–water partition coefficient (Wildman–Crippen LogP) is 1.77. The first-order valence-electron chi connectivity index (χ1n) is 8.25. The van der Waals surface area contributed by atoms with Gasteiger partial charge in [0.1, 0.15) is 11.4 Å². The van der Waals surface area contributed by atoms with Crippen molar-refractivity contribution < 1.29 is 9.90 Å². The third-order valence-electron chi connectivity index (χ3n) is 3.80. The SMILES string of the molecule is Cn1cc([C@](C)(O)CNC(=O)Nc2cc(CC(C)(C)C)nn2C)cn1. The van der Waals surface area contributed by atoms with Gasteiger partial charge in [0.15, 0.2) is 0 Å². The van der Waals surface area contributed by atoms with Gasteiger partial charge < -0.3 is 10.4 Å². The summed E-state index contributed by atoms with van der Waals surface area (Å²) in [6.07, 6.45) is 4.12. The van der Waals surface area contributed by atoms with E-state index in [1.165, 1.54) is 0 Å². The number of anilines is 1. The summed E-state index contributed by atoms with van der Waals surface area (Å²) >= 11 is 0. The van der Waals surface area contributed by atoms with Crippen LogP contribution < -0.4 is 10.6 Å². The molecular weight excluding hydrogens is 320 g/mol. The first kappa shape index (κ1) is 19.0. The van der Waals surface area contributed by atoms with Crippen molar-refractivity contribution in [1.82, 2.24) is 24.9 Å². The van der Waals surface area contributed by atoms with Gasteiger partial charge in [-0.3, -0.25) is 14.7 Å². The van der Waals surface area contributed by atoms with E-state index in [0.29, 0.717) is 11.4 Å². The molecule has 25 heavy (non-hydrogen) atoms. The van der Waals surface area contributed by atoms with Crippen LogP contribution in [0, 0.1) is 5.41 Å². The van der Waals surface area contributed by atoms with E-state index in [4.69, 9.17) is 0 Å². The Hall–Kier alpha value is -2.35. The average molecular weight is 348 g/mol. The highest BCUT2D eigenvalue weighted by atomic mass is 16.3. The molecule has 138 valence electrons. The zero-order valence-corrected chi connectivity index (χ0v) is 15.8. The van der Waals surface area contributed by atoms with Crippen molar-refractivity contribution in [1.29, 1.82) is 0 Å². The Bertz CT molecular complexity index is 739. The summed E-state index contributed by atoms with van der Waals surface area (Å²) in [6.45, 7) is 8.12. The molecule has 0 aromatic carbocycles. The van der Waals surface area contributed by atoms with Gasteiger partial charge in [-0.15, -0.1) is 0 Å². The van der Waals surface area contributed by atoms with Crippen molar-refractivity contribution in [2.24, 2.45) is 19.5 Å². The molecule has 0 fully saturated rings. The maximum atomic E-state index is 12.1. The lowest BCUT2D eigenvalue weighted by Crippen LogP contribution is -2.40. The minimum Gasteiger partial charge on any atom is -0.383 e. The van der Waals surface area contributed by atoms with E-state index < -0.39 is 11.6 Å². The first-order chi connectivity index (χ1) is 11.5. The van der Waals surface area contributed by atoms with Crippen LogP contribution in [0.2, 0.25) is 0 Å². The standard InChI is InChI=1S/C17H28N6O2/c1-16(2,3)8-13-7-14(23(6)21-13)20-15(24)18-11-17(4,25)12-9-19-22(5)10-12/h7,9-10,25H,8,11H2,1-6H3,(H2,18,20,24)/t17-/m1/s1. The molecule has 0 spiro atoms. The molecule has 0 saturated heterocycles. The molecule has 2 aromatic heterocycles. The lowest BCUT2D eigenvalue weighted by Gasteiger charge is -2.22. The van der Waals surface area contributed by atoms with Gasteiger partial charge in [-0.1, -0.05) is 20.8 Å². The number of carbonyl (C=O) groups excluding carboxylic acids is 1. The van der Waals surface area contributed by atoms with Crippen LogP contribution in [0.25, 0.3) is 0 Å². The Labute approximate surface area is 148 Å². The maximum Gasteiger partial charge on any atom is 0.320 e. The van der Waals surface area contributed by atoms with Gasteiger partial charge in [0.2, 0.25) is 0 Å². The van der Waals surface area contributed by atoms with Crippen LogP contribution in [0.4, 0.5) is 10.6 Å². The Morgan fingerprint density at radius 2 is 1.96 bits per heavy atom. The van der Waals surface area contributed by atoms with E-state index in [1.807, 2.05) is 6.07 Å². The van der Waals surface area contributed by atoms with Crippen molar-refractivity contribution in [3.05, 3.63) is 29.7 Å². The number of hydrogen-bond donors (Lipinski definition) is 3. The number of hydrogen-bond acceptors (Lipinski definition) is 4. The minimum absolute atomic E-state index is 0.0667. The summed E-state index contributed by atoms with van der Waals surface area (Å²) in [4.78, 5) is 12.1. The molecule has 0 aliphatic carbocycles. The van der Waals surface area contributed by atoms with Crippen molar-refractivity contribution in [2.45, 2.75) is 39.7 Å². The maximum absolute atomic E-state index is 12.1. The summed E-state index contributed by atoms with van der Waals surface area (Å²) in [5.74, 6) is 0.609. The number of amides is 2. The van der Waals surface area contributed by atoms with Crippen LogP contribution in [0.15, 0.2) is 18.5 Å². The molecule has 0 bridgehead atoms. The molecule has 0 aliphatic heterocycles. The highest BCUT2D eigenvalue weighted by Crippen LogP contribution is 2.22. The fourth-order valence-corrected chi connectivity index (χ4v) is 2.49. The number of carbonyl (C=O) groups is 1. The third kappa shape index (κ3) is 5.32. The molecule has 8 nitrogen and oxygen atoms in total. The number of aromatic nitrogens is 4. The molecular formula is C17H28N6O2. The van der Waals surface area contributed by atoms with Crippen LogP contribution >= 0.6 is 0 Å². The Kier molecular flexibility index (Phi) is 5.22. The molecule has 0 unspecified atom stereocenters. The van der Waals surface area contributed by atoms with E-state index in [9.17, 15) is 9.90 Å². The van der Waals surface area contributed by atoms with Crippen LogP contribution in [0.1, 0.15) is 39.0 Å². The van der Waals surface area contributed by atoms with Gasteiger partial charge in [0.25, 0.3) is 0 Å². The topological polar surface area (TPSA) is 97.0 Å². The fourth-order valence-electron chi connectivity index (χ4n) is 2.49. The number of urea groups is 1. The van der Waals surface area contributed by atoms with Gasteiger partial charge in [-0.05, 0) is 18.8 Å². The zero-order chi connectivity index (χ0) is 18.8. The normalized spacial score (nSPS) is 14.2. The number of rotatable bonds is 5. The Morgan fingerprint density at radius 3 is 2.52 bits per heavy atom. The van der Waals surface area contributed by atoms with Gasteiger partial charge in [0.05, 0.1) is 18.4 Å². The van der Waals surface area contributed by atoms with Crippen LogP contribution in [-0.2, 0) is 26.1 Å². The number of aliphatic hydroxyl groups is 1. The second-order valence-electron chi connectivity index (χ2n) is 7.87. The molecule has 2 amide bonds. The molecule has 8 heteroatoms. The van der Waals surface area contributed by atoms with E-state index in [-0.39, 0.29) is 12.0 Å². The van der Waals surface area contributed by atoms with Crippen molar-refractivity contribution in [3.63, 3.8) is 0 Å². The molecule has 2 heterocycles. The first-order valence-corrected chi connectivity index (χ1v) is 8.25. The zero-order valence-electron chi connectivity index (χ0n) is 15.8. The van der Waals surface area contributed by atoms with Gasteiger partial charge >= 0.3 is 6.03 Å². The van der Waals surface area contributed by atoms with Gasteiger partial charge in [-0.25, -0.2) is 4.79 Å². The van der Waals surface area contributed by atoms with Gasteiger partial charge in [0, 0.05) is 31.9 Å².